The van der Waals surface area contributed by atoms with E-state index >= 15 is 0 Å². The summed E-state index contributed by atoms with van der Waals surface area (Å²) in [6, 6.07) is 1.34. The molecule has 0 radical (unpaired) electrons. The molecule has 15 heteroatoms. The first-order valence-corrected chi connectivity index (χ1v) is 11.4. The molecule has 1 unspecified atom stereocenters. The van der Waals surface area contributed by atoms with Crippen molar-refractivity contribution in [1.82, 2.24) is 20.1 Å². The Bertz CT molecular complexity index is 1090. The molecule has 0 aliphatic carbocycles. The normalized spacial score (nSPS) is 15.1. The SMILES string of the molecule is COCC(COCCC(=O)N1CCN(c2ncc(C#N)s2)CC1)Nc1cn[nH]c(=O)c1C(F)(F)F. The predicted molar refractivity (Wildman–Crippen MR) is 120 cm³/mol. The van der Waals surface area contributed by atoms with E-state index in [4.69, 9.17) is 14.7 Å². The second kappa shape index (κ2) is 12.0. The lowest BCUT2D eigenvalue weighted by Gasteiger charge is -2.34. The van der Waals surface area contributed by atoms with E-state index in [1.807, 2.05) is 4.90 Å². The van der Waals surface area contributed by atoms with Crippen LogP contribution in [0, 0.1) is 11.3 Å². The topological polar surface area (TPSA) is 136 Å². The lowest BCUT2D eigenvalue weighted by molar-refractivity contribution is -0.138. The molecule has 0 bridgehead atoms. The minimum absolute atomic E-state index is 0.00424. The number of ether oxygens (including phenoxy) is 2. The number of alkyl halides is 3. The first-order valence-electron chi connectivity index (χ1n) is 10.6. The average molecular weight is 516 g/mol. The van der Waals surface area contributed by atoms with Gasteiger partial charge in [-0.2, -0.15) is 23.5 Å². The highest BCUT2D eigenvalue weighted by Gasteiger charge is 2.37. The molecule has 11 nitrogen and oxygen atoms in total. The minimum atomic E-state index is -4.87. The number of nitrogens with zero attached hydrogens (tertiary/aromatic N) is 5. The van der Waals surface area contributed by atoms with Gasteiger partial charge in [0.25, 0.3) is 5.56 Å². The summed E-state index contributed by atoms with van der Waals surface area (Å²) in [6.45, 7) is 2.22. The Kier molecular flexibility index (Phi) is 9.01. The van der Waals surface area contributed by atoms with E-state index in [0.29, 0.717) is 31.1 Å². The molecule has 35 heavy (non-hydrogen) atoms. The minimum Gasteiger partial charge on any atom is -0.382 e. The number of carbonyl (C=O) groups excluding carboxylic acids is 1. The summed E-state index contributed by atoms with van der Waals surface area (Å²) in [5.74, 6) is -0.101. The van der Waals surface area contributed by atoms with Crippen LogP contribution in [0.2, 0.25) is 0 Å². The van der Waals surface area contributed by atoms with Crippen LogP contribution in [-0.4, -0.2) is 85.1 Å². The fourth-order valence-corrected chi connectivity index (χ4v) is 4.26. The van der Waals surface area contributed by atoms with Gasteiger partial charge in [0.15, 0.2) is 5.13 Å². The molecular formula is C20H24F3N7O4S. The molecule has 1 aliphatic heterocycles. The van der Waals surface area contributed by atoms with E-state index in [9.17, 15) is 22.8 Å². The van der Waals surface area contributed by atoms with Gasteiger partial charge in [-0.15, -0.1) is 0 Å². The number of carbonyl (C=O) groups is 1. The van der Waals surface area contributed by atoms with E-state index in [-0.39, 0.29) is 32.1 Å². The summed E-state index contributed by atoms with van der Waals surface area (Å²) in [4.78, 5) is 32.6. The van der Waals surface area contributed by atoms with Crippen LogP contribution in [0.15, 0.2) is 17.2 Å². The summed E-state index contributed by atoms with van der Waals surface area (Å²) in [5.41, 5.74) is -3.22. The van der Waals surface area contributed by atoms with Gasteiger partial charge in [0, 0.05) is 33.3 Å². The number of hydrogen-bond donors (Lipinski definition) is 2. The Morgan fingerprint density at radius 3 is 2.69 bits per heavy atom. The number of amides is 1. The zero-order valence-electron chi connectivity index (χ0n) is 18.8. The van der Waals surface area contributed by atoms with Crippen molar-refractivity contribution >= 4 is 28.1 Å². The fourth-order valence-electron chi connectivity index (χ4n) is 3.49. The largest absolute Gasteiger partial charge is 0.423 e. The van der Waals surface area contributed by atoms with Gasteiger partial charge in [-0.25, -0.2) is 10.1 Å². The van der Waals surface area contributed by atoms with E-state index in [1.165, 1.54) is 24.6 Å². The number of anilines is 2. The zero-order chi connectivity index (χ0) is 25.4. The van der Waals surface area contributed by atoms with Crippen LogP contribution in [0.25, 0.3) is 0 Å². The molecular weight excluding hydrogens is 491 g/mol. The molecule has 1 aliphatic rings. The summed E-state index contributed by atoms with van der Waals surface area (Å²) in [7, 11) is 1.38. The zero-order valence-corrected chi connectivity index (χ0v) is 19.6. The molecule has 1 saturated heterocycles. The predicted octanol–water partition coefficient (Wildman–Crippen LogP) is 1.30. The summed E-state index contributed by atoms with van der Waals surface area (Å²) in [5, 5.41) is 17.5. The smallest absolute Gasteiger partial charge is 0.382 e. The molecule has 0 saturated carbocycles. The highest BCUT2D eigenvalue weighted by atomic mass is 32.1. The van der Waals surface area contributed by atoms with Crippen LogP contribution >= 0.6 is 11.3 Å². The number of halogens is 3. The van der Waals surface area contributed by atoms with Gasteiger partial charge in [-0.05, 0) is 0 Å². The third kappa shape index (κ3) is 7.13. The van der Waals surface area contributed by atoms with Gasteiger partial charge in [0.05, 0.1) is 50.4 Å². The first-order chi connectivity index (χ1) is 16.7. The highest BCUT2D eigenvalue weighted by molar-refractivity contribution is 7.16. The van der Waals surface area contributed by atoms with Crippen molar-refractivity contribution < 1.29 is 27.4 Å². The summed E-state index contributed by atoms with van der Waals surface area (Å²) in [6.07, 6.45) is -2.36. The Hall–Kier alpha value is -3.22. The lowest BCUT2D eigenvalue weighted by Crippen LogP contribution is -2.49. The van der Waals surface area contributed by atoms with Crippen molar-refractivity contribution in [2.75, 3.05) is 63.3 Å². The second-order valence-electron chi connectivity index (χ2n) is 7.59. The molecule has 2 N–H and O–H groups in total. The molecule has 0 aromatic carbocycles. The molecule has 190 valence electrons. The van der Waals surface area contributed by atoms with Gasteiger partial charge >= 0.3 is 6.18 Å². The molecule has 3 rings (SSSR count). The van der Waals surface area contributed by atoms with E-state index in [0.717, 1.165) is 11.3 Å². The Morgan fingerprint density at radius 1 is 1.31 bits per heavy atom. The molecule has 1 fully saturated rings. The maximum absolute atomic E-state index is 13.2. The van der Waals surface area contributed by atoms with Gasteiger partial charge < -0.3 is 24.6 Å². The van der Waals surface area contributed by atoms with Crippen LogP contribution < -0.4 is 15.8 Å². The Balaban J connectivity index is 1.45. The van der Waals surface area contributed by atoms with Gasteiger partial charge in [0.1, 0.15) is 16.5 Å². The number of H-pyrrole nitrogens is 1. The third-order valence-corrected chi connectivity index (χ3v) is 6.12. The molecule has 2 aromatic heterocycles. The summed E-state index contributed by atoms with van der Waals surface area (Å²) < 4.78 is 50.3. The first kappa shape index (κ1) is 26.4. The van der Waals surface area contributed by atoms with E-state index in [1.54, 1.807) is 10.00 Å². The highest BCUT2D eigenvalue weighted by Crippen LogP contribution is 2.31. The third-order valence-electron chi connectivity index (χ3n) is 5.15. The standard InChI is InChI=1S/C20H24F3N7O4S/c1-33-11-13(27-15-10-26-28-18(32)17(15)20(21,22)23)12-34-7-2-16(31)29-3-5-30(6-4-29)19-25-9-14(8-24)35-19/h9-10,13H,2-7,11-12H2,1H3,(H2,27,28,32). The second-order valence-corrected chi connectivity index (χ2v) is 8.60. The van der Waals surface area contributed by atoms with Crippen molar-refractivity contribution in [1.29, 1.82) is 5.26 Å². The van der Waals surface area contributed by atoms with Crippen molar-refractivity contribution in [2.45, 2.75) is 18.6 Å². The molecule has 3 heterocycles. The molecule has 1 amide bonds. The van der Waals surface area contributed by atoms with Crippen molar-refractivity contribution in [2.24, 2.45) is 0 Å². The molecule has 2 aromatic rings. The quantitative estimate of drug-likeness (QED) is 0.449. The van der Waals surface area contributed by atoms with Gasteiger partial charge in [-0.1, -0.05) is 11.3 Å². The van der Waals surface area contributed by atoms with Crippen molar-refractivity contribution in [3.8, 4) is 6.07 Å². The number of rotatable bonds is 10. The van der Waals surface area contributed by atoms with Gasteiger partial charge in [-0.3, -0.25) is 9.59 Å². The molecule has 0 spiro atoms. The average Bonchev–Trinajstić information content (AvgIpc) is 3.30. The fraction of sp³-hybridized carbons (Fsp3) is 0.550. The maximum Gasteiger partial charge on any atom is 0.423 e. The molecule has 1 atom stereocenters. The number of nitriles is 1. The number of aromatic nitrogens is 3. The number of hydrogen-bond acceptors (Lipinski definition) is 10. The number of thiazole rings is 1. The van der Waals surface area contributed by atoms with Crippen LogP contribution in [0.5, 0.6) is 0 Å². The Morgan fingerprint density at radius 2 is 2.06 bits per heavy atom. The Labute approximate surface area is 202 Å². The summed E-state index contributed by atoms with van der Waals surface area (Å²) >= 11 is 1.30. The monoisotopic (exact) mass is 515 g/mol. The van der Waals surface area contributed by atoms with E-state index < -0.39 is 29.0 Å². The number of methoxy groups -OCH3 is 1. The number of aromatic amines is 1. The van der Waals surface area contributed by atoms with Gasteiger partial charge in [0.2, 0.25) is 5.91 Å². The van der Waals surface area contributed by atoms with Crippen molar-refractivity contribution in [3.63, 3.8) is 0 Å². The van der Waals surface area contributed by atoms with Crippen LogP contribution in [0.4, 0.5) is 24.0 Å². The van der Waals surface area contributed by atoms with Crippen LogP contribution in [0.3, 0.4) is 0 Å². The lowest BCUT2D eigenvalue weighted by atomic mass is 10.2. The van der Waals surface area contributed by atoms with Crippen LogP contribution in [0.1, 0.15) is 16.9 Å². The van der Waals surface area contributed by atoms with Crippen LogP contribution in [-0.2, 0) is 20.4 Å². The number of nitrogens with one attached hydrogen (secondary N) is 2. The number of piperazine rings is 1. The maximum atomic E-state index is 13.2. The van der Waals surface area contributed by atoms with E-state index in [2.05, 4.69) is 21.5 Å². The van der Waals surface area contributed by atoms with Crippen molar-refractivity contribution in [3.05, 3.63) is 33.2 Å².